The summed E-state index contributed by atoms with van der Waals surface area (Å²) in [6, 6.07) is 12.6. The molecule has 1 aliphatic rings. The van der Waals surface area contributed by atoms with Crippen LogP contribution < -0.4 is 10.1 Å². The average Bonchev–Trinajstić information content (AvgIpc) is 3.26. The fraction of sp³-hybridized carbons (Fsp3) is 0.294. The molecule has 3 rings (SSSR count). The molecule has 0 bridgehead atoms. The number of aryl methyl sites for hydroxylation is 1. The van der Waals surface area contributed by atoms with Crippen LogP contribution in [0.15, 0.2) is 40.9 Å². The maximum atomic E-state index is 5.97. The molecule has 0 aromatic heterocycles. The Morgan fingerprint density at radius 3 is 2.62 bits per heavy atom. The molecule has 0 radical (unpaired) electrons. The van der Waals surface area contributed by atoms with E-state index in [1.54, 1.807) is 0 Å². The largest absolute Gasteiger partial charge is 0.456 e. The Balaban J connectivity index is 1.72. The van der Waals surface area contributed by atoms with Gasteiger partial charge in [0.05, 0.1) is 4.47 Å². The molecular formula is C17H17BrClNO. The Hall–Kier alpha value is -1.03. The van der Waals surface area contributed by atoms with Crippen molar-refractivity contribution in [2.45, 2.75) is 32.4 Å². The molecule has 0 atom stereocenters. The van der Waals surface area contributed by atoms with E-state index in [-0.39, 0.29) is 0 Å². The fourth-order valence-corrected chi connectivity index (χ4v) is 2.87. The van der Waals surface area contributed by atoms with Crippen LogP contribution in [-0.4, -0.2) is 6.04 Å². The molecule has 0 unspecified atom stereocenters. The van der Waals surface area contributed by atoms with E-state index < -0.39 is 0 Å². The molecule has 21 heavy (non-hydrogen) atoms. The van der Waals surface area contributed by atoms with Gasteiger partial charge in [-0.15, -0.1) is 0 Å². The van der Waals surface area contributed by atoms with E-state index in [9.17, 15) is 0 Å². The maximum Gasteiger partial charge on any atom is 0.141 e. The van der Waals surface area contributed by atoms with Crippen LogP contribution in [0.1, 0.15) is 24.0 Å². The third-order valence-corrected chi connectivity index (χ3v) is 4.38. The first-order valence-electron chi connectivity index (χ1n) is 7.07. The van der Waals surface area contributed by atoms with E-state index in [2.05, 4.69) is 33.4 Å². The summed E-state index contributed by atoms with van der Waals surface area (Å²) in [6.45, 7) is 2.90. The summed E-state index contributed by atoms with van der Waals surface area (Å²) in [7, 11) is 0. The maximum absolute atomic E-state index is 5.97. The fourth-order valence-electron chi connectivity index (χ4n) is 2.13. The van der Waals surface area contributed by atoms with Gasteiger partial charge in [0.15, 0.2) is 0 Å². The number of nitrogens with one attached hydrogen (secondary N) is 1. The van der Waals surface area contributed by atoms with Gasteiger partial charge in [0.1, 0.15) is 11.5 Å². The molecule has 4 heteroatoms. The molecule has 0 spiro atoms. The lowest BCUT2D eigenvalue weighted by Gasteiger charge is -2.12. The normalized spacial score (nSPS) is 14.2. The van der Waals surface area contributed by atoms with Gasteiger partial charge < -0.3 is 10.1 Å². The van der Waals surface area contributed by atoms with Crippen LogP contribution in [0.3, 0.4) is 0 Å². The van der Waals surface area contributed by atoms with Gasteiger partial charge in [-0.25, -0.2) is 0 Å². The Morgan fingerprint density at radius 1 is 1.19 bits per heavy atom. The quantitative estimate of drug-likeness (QED) is 0.759. The van der Waals surface area contributed by atoms with Crippen molar-refractivity contribution in [3.63, 3.8) is 0 Å². The standard InChI is InChI=1S/C17H17BrClNO/c1-11-8-13(19)3-7-16(11)21-17-6-2-12(9-15(17)18)10-20-14-4-5-14/h2-3,6-9,14,20H,4-5,10H2,1H3. The summed E-state index contributed by atoms with van der Waals surface area (Å²) in [5, 5.41) is 4.23. The van der Waals surface area contributed by atoms with Crippen molar-refractivity contribution in [1.29, 1.82) is 0 Å². The molecule has 1 N–H and O–H groups in total. The summed E-state index contributed by atoms with van der Waals surface area (Å²) in [4.78, 5) is 0. The Morgan fingerprint density at radius 2 is 1.95 bits per heavy atom. The van der Waals surface area contributed by atoms with E-state index in [4.69, 9.17) is 16.3 Å². The molecule has 1 saturated carbocycles. The average molecular weight is 367 g/mol. The highest BCUT2D eigenvalue weighted by atomic mass is 79.9. The molecule has 110 valence electrons. The molecule has 0 aliphatic heterocycles. The van der Waals surface area contributed by atoms with Crippen molar-refractivity contribution in [2.75, 3.05) is 0 Å². The topological polar surface area (TPSA) is 21.3 Å². The molecule has 2 nitrogen and oxygen atoms in total. The number of rotatable bonds is 5. The SMILES string of the molecule is Cc1cc(Cl)ccc1Oc1ccc(CNC2CC2)cc1Br. The predicted octanol–water partition coefficient (Wildman–Crippen LogP) is 5.46. The zero-order chi connectivity index (χ0) is 14.8. The predicted molar refractivity (Wildman–Crippen MR) is 90.3 cm³/mol. The lowest BCUT2D eigenvalue weighted by atomic mass is 10.2. The van der Waals surface area contributed by atoms with Crippen molar-refractivity contribution in [3.8, 4) is 11.5 Å². The highest BCUT2D eigenvalue weighted by Crippen LogP contribution is 2.33. The van der Waals surface area contributed by atoms with Gasteiger partial charge in [0.25, 0.3) is 0 Å². The summed E-state index contributed by atoms with van der Waals surface area (Å²) in [5.74, 6) is 1.64. The zero-order valence-corrected chi connectivity index (χ0v) is 14.2. The number of hydrogen-bond acceptors (Lipinski definition) is 2. The molecule has 2 aromatic carbocycles. The van der Waals surface area contributed by atoms with E-state index in [1.807, 2.05) is 31.2 Å². The third-order valence-electron chi connectivity index (χ3n) is 3.53. The smallest absolute Gasteiger partial charge is 0.141 e. The number of halogens is 2. The number of ether oxygens (including phenoxy) is 1. The second-order valence-electron chi connectivity index (χ2n) is 5.43. The van der Waals surface area contributed by atoms with Crippen LogP contribution in [0, 0.1) is 6.92 Å². The third kappa shape index (κ3) is 4.00. The second kappa shape index (κ2) is 6.39. The summed E-state index contributed by atoms with van der Waals surface area (Å²) >= 11 is 9.55. The van der Waals surface area contributed by atoms with Crippen LogP contribution in [0.2, 0.25) is 5.02 Å². The molecule has 1 aliphatic carbocycles. The first kappa shape index (κ1) is 14.9. The van der Waals surface area contributed by atoms with E-state index in [0.29, 0.717) is 0 Å². The van der Waals surface area contributed by atoms with Crippen LogP contribution in [-0.2, 0) is 6.54 Å². The molecule has 0 saturated heterocycles. The lowest BCUT2D eigenvalue weighted by Crippen LogP contribution is -2.15. The van der Waals surface area contributed by atoms with Gasteiger partial charge in [0, 0.05) is 17.6 Å². The zero-order valence-electron chi connectivity index (χ0n) is 11.8. The summed E-state index contributed by atoms with van der Waals surface area (Å²) in [6.07, 6.45) is 2.61. The van der Waals surface area contributed by atoms with Crippen LogP contribution in [0.5, 0.6) is 11.5 Å². The van der Waals surface area contributed by atoms with Gasteiger partial charge in [-0.3, -0.25) is 0 Å². The first-order valence-corrected chi connectivity index (χ1v) is 8.25. The van der Waals surface area contributed by atoms with Crippen molar-refractivity contribution >= 4 is 27.5 Å². The van der Waals surface area contributed by atoms with Crippen molar-refractivity contribution in [3.05, 3.63) is 57.0 Å². The lowest BCUT2D eigenvalue weighted by molar-refractivity contribution is 0.475. The highest BCUT2D eigenvalue weighted by Gasteiger charge is 2.20. The first-order chi connectivity index (χ1) is 10.1. The van der Waals surface area contributed by atoms with Crippen LogP contribution >= 0.6 is 27.5 Å². The van der Waals surface area contributed by atoms with Crippen LogP contribution in [0.4, 0.5) is 0 Å². The van der Waals surface area contributed by atoms with Crippen molar-refractivity contribution in [1.82, 2.24) is 5.32 Å². The Bertz CT molecular complexity index is 655. The minimum absolute atomic E-state index is 0.719. The Kier molecular flexibility index (Phi) is 4.53. The van der Waals surface area contributed by atoms with E-state index >= 15 is 0 Å². The number of benzene rings is 2. The minimum atomic E-state index is 0.719. The van der Waals surface area contributed by atoms with Crippen LogP contribution in [0.25, 0.3) is 0 Å². The van der Waals surface area contributed by atoms with Gasteiger partial charge in [-0.05, 0) is 77.2 Å². The highest BCUT2D eigenvalue weighted by molar-refractivity contribution is 9.10. The van der Waals surface area contributed by atoms with Gasteiger partial charge in [-0.1, -0.05) is 17.7 Å². The van der Waals surface area contributed by atoms with Crippen molar-refractivity contribution < 1.29 is 4.74 Å². The molecule has 0 heterocycles. The summed E-state index contributed by atoms with van der Waals surface area (Å²) < 4.78 is 6.93. The monoisotopic (exact) mass is 365 g/mol. The number of hydrogen-bond donors (Lipinski definition) is 1. The summed E-state index contributed by atoms with van der Waals surface area (Å²) in [5.41, 5.74) is 2.28. The second-order valence-corrected chi connectivity index (χ2v) is 6.72. The van der Waals surface area contributed by atoms with Gasteiger partial charge >= 0.3 is 0 Å². The van der Waals surface area contributed by atoms with E-state index in [1.165, 1.54) is 18.4 Å². The molecule has 2 aromatic rings. The molecule has 1 fully saturated rings. The van der Waals surface area contributed by atoms with Gasteiger partial charge in [-0.2, -0.15) is 0 Å². The van der Waals surface area contributed by atoms with Crippen molar-refractivity contribution in [2.24, 2.45) is 0 Å². The molecular weight excluding hydrogens is 350 g/mol. The molecule has 0 amide bonds. The van der Waals surface area contributed by atoms with Gasteiger partial charge in [0.2, 0.25) is 0 Å². The minimum Gasteiger partial charge on any atom is -0.456 e. The van der Waals surface area contributed by atoms with E-state index in [0.717, 1.165) is 39.1 Å². The Labute approximate surface area is 138 Å².